The second-order valence-electron chi connectivity index (χ2n) is 6.95. The highest BCUT2D eigenvalue weighted by Crippen LogP contribution is 2.28. The Morgan fingerprint density at radius 2 is 1.77 bits per heavy atom. The standard InChI is InChI=1S/C22H25N3O/c1-25(16-17-9-3-2-4-10-17)21-13-7-6-12-19(21)23-15-20-18-11-5-8-14-22(18)26-24-20/h2-4,6-7,9-10,12-13,23H,5,8,11,14-16H2,1H3. The maximum atomic E-state index is 5.53. The van der Waals surface area contributed by atoms with Gasteiger partial charge in [0.2, 0.25) is 0 Å². The summed E-state index contributed by atoms with van der Waals surface area (Å²) in [5.74, 6) is 1.09. The third-order valence-electron chi connectivity index (χ3n) is 5.06. The minimum atomic E-state index is 0.703. The third kappa shape index (κ3) is 3.59. The SMILES string of the molecule is CN(Cc1ccccc1)c1ccccc1NCc1noc2c1CCCC2. The molecular formula is C22H25N3O. The quantitative estimate of drug-likeness (QED) is 0.695. The lowest BCUT2D eigenvalue weighted by Gasteiger charge is -2.23. The Kier molecular flexibility index (Phi) is 4.91. The monoisotopic (exact) mass is 347 g/mol. The van der Waals surface area contributed by atoms with Crippen LogP contribution in [0.5, 0.6) is 0 Å². The van der Waals surface area contributed by atoms with E-state index >= 15 is 0 Å². The van der Waals surface area contributed by atoms with E-state index in [1.807, 2.05) is 0 Å². The topological polar surface area (TPSA) is 41.3 Å². The average molecular weight is 347 g/mol. The molecule has 0 spiro atoms. The van der Waals surface area contributed by atoms with E-state index in [0.29, 0.717) is 6.54 Å². The maximum absolute atomic E-state index is 5.53. The molecule has 0 unspecified atom stereocenters. The number of hydrogen-bond acceptors (Lipinski definition) is 4. The molecule has 3 aromatic rings. The zero-order valence-electron chi connectivity index (χ0n) is 15.2. The van der Waals surface area contributed by atoms with E-state index in [0.717, 1.165) is 36.5 Å². The van der Waals surface area contributed by atoms with Crippen molar-refractivity contribution in [1.29, 1.82) is 0 Å². The highest BCUT2D eigenvalue weighted by molar-refractivity contribution is 5.69. The summed E-state index contributed by atoms with van der Waals surface area (Å²) in [6.07, 6.45) is 4.56. The van der Waals surface area contributed by atoms with E-state index in [9.17, 15) is 0 Å². The van der Waals surface area contributed by atoms with Crippen molar-refractivity contribution in [2.75, 3.05) is 17.3 Å². The van der Waals surface area contributed by atoms with E-state index in [1.165, 1.54) is 29.7 Å². The van der Waals surface area contributed by atoms with Crippen molar-refractivity contribution in [2.24, 2.45) is 0 Å². The number of aromatic nitrogens is 1. The fourth-order valence-electron chi connectivity index (χ4n) is 3.67. The molecule has 4 rings (SSSR count). The Morgan fingerprint density at radius 1 is 1.00 bits per heavy atom. The highest BCUT2D eigenvalue weighted by Gasteiger charge is 2.19. The number of para-hydroxylation sites is 2. The van der Waals surface area contributed by atoms with Gasteiger partial charge < -0.3 is 14.7 Å². The van der Waals surface area contributed by atoms with E-state index in [2.05, 4.69) is 77.0 Å². The molecule has 0 atom stereocenters. The number of anilines is 2. The fourth-order valence-corrected chi connectivity index (χ4v) is 3.67. The summed E-state index contributed by atoms with van der Waals surface area (Å²) in [7, 11) is 2.13. The summed E-state index contributed by atoms with van der Waals surface area (Å²) in [5, 5.41) is 7.87. The predicted octanol–water partition coefficient (Wildman–Crippen LogP) is 4.80. The maximum Gasteiger partial charge on any atom is 0.140 e. The Balaban J connectivity index is 1.48. The number of nitrogens with one attached hydrogen (secondary N) is 1. The van der Waals surface area contributed by atoms with Crippen molar-refractivity contribution in [3.05, 3.63) is 77.2 Å². The van der Waals surface area contributed by atoms with Crippen LogP contribution in [0, 0.1) is 0 Å². The van der Waals surface area contributed by atoms with Gasteiger partial charge in [0.15, 0.2) is 0 Å². The van der Waals surface area contributed by atoms with Crippen molar-refractivity contribution in [3.8, 4) is 0 Å². The molecule has 0 saturated carbocycles. The van der Waals surface area contributed by atoms with Gasteiger partial charge in [0, 0.05) is 25.6 Å². The molecule has 0 fully saturated rings. The van der Waals surface area contributed by atoms with Gasteiger partial charge in [-0.3, -0.25) is 0 Å². The smallest absolute Gasteiger partial charge is 0.140 e. The van der Waals surface area contributed by atoms with E-state index in [4.69, 9.17) is 4.52 Å². The van der Waals surface area contributed by atoms with E-state index in [1.54, 1.807) is 0 Å². The normalized spacial score (nSPS) is 13.3. The minimum absolute atomic E-state index is 0.703. The summed E-state index contributed by atoms with van der Waals surface area (Å²) in [4.78, 5) is 2.27. The molecule has 26 heavy (non-hydrogen) atoms. The van der Waals surface area contributed by atoms with Crippen LogP contribution in [0.15, 0.2) is 59.1 Å². The lowest BCUT2D eigenvalue weighted by atomic mass is 9.96. The molecule has 4 heteroatoms. The largest absolute Gasteiger partial charge is 0.378 e. The number of rotatable bonds is 6. The van der Waals surface area contributed by atoms with Crippen LogP contribution < -0.4 is 10.2 Å². The summed E-state index contributed by atoms with van der Waals surface area (Å²) in [6, 6.07) is 19.0. The van der Waals surface area contributed by atoms with Crippen molar-refractivity contribution in [3.63, 3.8) is 0 Å². The summed E-state index contributed by atoms with van der Waals surface area (Å²) >= 11 is 0. The lowest BCUT2D eigenvalue weighted by molar-refractivity contribution is 0.368. The van der Waals surface area contributed by atoms with Gasteiger partial charge in [0.25, 0.3) is 0 Å². The summed E-state index contributed by atoms with van der Waals surface area (Å²) in [5.41, 5.74) is 5.99. The van der Waals surface area contributed by atoms with Crippen LogP contribution in [0.25, 0.3) is 0 Å². The van der Waals surface area contributed by atoms with Crippen molar-refractivity contribution < 1.29 is 4.52 Å². The number of benzene rings is 2. The van der Waals surface area contributed by atoms with Crippen LogP contribution >= 0.6 is 0 Å². The molecule has 0 radical (unpaired) electrons. The number of aryl methyl sites for hydroxylation is 1. The second kappa shape index (κ2) is 7.65. The first-order valence-electron chi connectivity index (χ1n) is 9.35. The molecular weight excluding hydrogens is 322 g/mol. The molecule has 0 bridgehead atoms. The van der Waals surface area contributed by atoms with Crippen LogP contribution in [-0.4, -0.2) is 12.2 Å². The zero-order chi connectivity index (χ0) is 17.8. The van der Waals surface area contributed by atoms with Crippen LogP contribution in [0.1, 0.15) is 35.4 Å². The first-order valence-corrected chi connectivity index (χ1v) is 9.35. The van der Waals surface area contributed by atoms with Crippen LogP contribution in [0.3, 0.4) is 0 Å². The van der Waals surface area contributed by atoms with Gasteiger partial charge in [-0.2, -0.15) is 0 Å². The predicted molar refractivity (Wildman–Crippen MR) is 105 cm³/mol. The molecule has 0 saturated heterocycles. The van der Waals surface area contributed by atoms with Crippen LogP contribution in [-0.2, 0) is 25.9 Å². The van der Waals surface area contributed by atoms with Crippen molar-refractivity contribution >= 4 is 11.4 Å². The Morgan fingerprint density at radius 3 is 2.65 bits per heavy atom. The van der Waals surface area contributed by atoms with Gasteiger partial charge in [-0.05, 0) is 37.0 Å². The Labute approximate surface area is 154 Å². The van der Waals surface area contributed by atoms with Gasteiger partial charge in [0.1, 0.15) is 11.5 Å². The molecule has 1 heterocycles. The molecule has 0 aliphatic heterocycles. The van der Waals surface area contributed by atoms with E-state index in [-0.39, 0.29) is 0 Å². The van der Waals surface area contributed by atoms with Gasteiger partial charge in [-0.15, -0.1) is 0 Å². The lowest BCUT2D eigenvalue weighted by Crippen LogP contribution is -2.18. The molecule has 1 aliphatic carbocycles. The zero-order valence-corrected chi connectivity index (χ0v) is 15.2. The first-order chi connectivity index (χ1) is 12.8. The molecule has 2 aromatic carbocycles. The van der Waals surface area contributed by atoms with Gasteiger partial charge in [-0.1, -0.05) is 47.6 Å². The van der Waals surface area contributed by atoms with Crippen LogP contribution in [0.4, 0.5) is 11.4 Å². The molecule has 1 aromatic heterocycles. The van der Waals surface area contributed by atoms with Crippen LogP contribution in [0.2, 0.25) is 0 Å². The number of fused-ring (bicyclic) bond motifs is 1. The van der Waals surface area contributed by atoms with Crippen molar-refractivity contribution in [1.82, 2.24) is 5.16 Å². The minimum Gasteiger partial charge on any atom is -0.378 e. The highest BCUT2D eigenvalue weighted by atomic mass is 16.5. The second-order valence-corrected chi connectivity index (χ2v) is 6.95. The molecule has 134 valence electrons. The summed E-state index contributed by atoms with van der Waals surface area (Å²) < 4.78 is 5.53. The van der Waals surface area contributed by atoms with Gasteiger partial charge in [0.05, 0.1) is 17.9 Å². The first kappa shape index (κ1) is 16.7. The molecule has 4 nitrogen and oxygen atoms in total. The van der Waals surface area contributed by atoms with Gasteiger partial charge in [-0.25, -0.2) is 0 Å². The third-order valence-corrected chi connectivity index (χ3v) is 5.06. The molecule has 1 N–H and O–H groups in total. The number of nitrogens with zero attached hydrogens (tertiary/aromatic N) is 2. The van der Waals surface area contributed by atoms with E-state index < -0.39 is 0 Å². The summed E-state index contributed by atoms with van der Waals surface area (Å²) in [6.45, 7) is 1.58. The average Bonchev–Trinajstić information content (AvgIpc) is 3.10. The molecule has 0 amide bonds. The molecule has 1 aliphatic rings. The Hall–Kier alpha value is -2.75. The van der Waals surface area contributed by atoms with Gasteiger partial charge >= 0.3 is 0 Å². The van der Waals surface area contributed by atoms with Crippen molar-refractivity contribution in [2.45, 2.75) is 38.8 Å². The fraction of sp³-hybridized carbons (Fsp3) is 0.318. The number of hydrogen-bond donors (Lipinski definition) is 1. The Bertz CT molecular complexity index is 857.